The van der Waals surface area contributed by atoms with Gasteiger partial charge in [0.1, 0.15) is 8.24 Å². The van der Waals surface area contributed by atoms with Crippen molar-refractivity contribution in [3.63, 3.8) is 0 Å². The van der Waals surface area contributed by atoms with E-state index in [4.69, 9.17) is 4.74 Å². The summed E-state index contributed by atoms with van der Waals surface area (Å²) in [5, 5.41) is 0. The standard InChI is InChI=1S/C25H46N2O2Si/c1-3-29-25(28)21(2)19-26-17-10-18-27(20-26)30(22-11-4-5-12-22,23-13-6-7-14-23)24-15-8-9-16-24/h21-24H,3-20H2,1-2H3. The summed E-state index contributed by atoms with van der Waals surface area (Å²) < 4.78 is 8.45. The third-order valence-electron chi connectivity index (χ3n) is 9.07. The Morgan fingerprint density at radius 1 is 0.867 bits per heavy atom. The first kappa shape index (κ1) is 22.8. The highest BCUT2D eigenvalue weighted by molar-refractivity contribution is 6.81. The summed E-state index contributed by atoms with van der Waals surface area (Å²) in [5.41, 5.74) is 3.14. The van der Waals surface area contributed by atoms with E-state index in [1.54, 1.807) is 0 Å². The lowest BCUT2D eigenvalue weighted by atomic mass is 10.1. The largest absolute Gasteiger partial charge is 0.466 e. The lowest BCUT2D eigenvalue weighted by Crippen LogP contribution is -2.66. The van der Waals surface area contributed by atoms with Crippen LogP contribution in [0.2, 0.25) is 16.6 Å². The number of rotatable bonds is 8. The summed E-state index contributed by atoms with van der Waals surface area (Å²) in [4.78, 5) is 14.9. The molecule has 30 heavy (non-hydrogen) atoms. The van der Waals surface area contributed by atoms with Gasteiger partial charge in [-0.1, -0.05) is 84.0 Å². The Balaban J connectivity index is 1.57. The summed E-state index contributed by atoms with van der Waals surface area (Å²) >= 11 is 0. The van der Waals surface area contributed by atoms with E-state index in [0.717, 1.165) is 36.4 Å². The van der Waals surface area contributed by atoms with Crippen LogP contribution in [0.1, 0.15) is 97.3 Å². The number of hydrogen-bond acceptors (Lipinski definition) is 4. The monoisotopic (exact) mass is 434 g/mol. The summed E-state index contributed by atoms with van der Waals surface area (Å²) in [7, 11) is -1.56. The number of nitrogens with zero attached hydrogens (tertiary/aromatic N) is 2. The van der Waals surface area contributed by atoms with Gasteiger partial charge >= 0.3 is 5.97 Å². The van der Waals surface area contributed by atoms with Gasteiger partial charge in [0, 0.05) is 19.8 Å². The van der Waals surface area contributed by atoms with E-state index >= 15 is 0 Å². The molecule has 0 bridgehead atoms. The summed E-state index contributed by atoms with van der Waals surface area (Å²) in [6, 6.07) is 0. The summed E-state index contributed by atoms with van der Waals surface area (Å²) in [6.07, 6.45) is 19.3. The van der Waals surface area contributed by atoms with Crippen LogP contribution in [0.3, 0.4) is 0 Å². The van der Waals surface area contributed by atoms with Crippen molar-refractivity contribution < 1.29 is 9.53 Å². The summed E-state index contributed by atoms with van der Waals surface area (Å²) in [5.74, 6) is -0.0223. The molecule has 3 saturated carbocycles. The molecule has 5 heteroatoms. The minimum absolute atomic E-state index is 0.00888. The molecule has 1 aliphatic heterocycles. The number of esters is 1. The SMILES string of the molecule is CCOC(=O)C(C)CN1CCCN([Si](C2CCCC2)(C2CCCC2)C2CCCC2)C1. The van der Waals surface area contributed by atoms with Crippen molar-refractivity contribution >= 4 is 14.2 Å². The first-order valence-corrected chi connectivity index (χ1v) is 15.5. The predicted molar refractivity (Wildman–Crippen MR) is 126 cm³/mol. The van der Waals surface area contributed by atoms with E-state index in [0.29, 0.717) is 6.61 Å². The Hall–Kier alpha value is -0.393. The fraction of sp³-hybridized carbons (Fsp3) is 0.960. The topological polar surface area (TPSA) is 32.8 Å². The molecule has 4 nitrogen and oxygen atoms in total. The average molecular weight is 435 g/mol. The van der Waals surface area contributed by atoms with Gasteiger partial charge in [0.25, 0.3) is 0 Å². The van der Waals surface area contributed by atoms with Crippen LogP contribution in [-0.4, -0.2) is 56.6 Å². The van der Waals surface area contributed by atoms with Gasteiger partial charge in [-0.15, -0.1) is 0 Å². The van der Waals surface area contributed by atoms with Gasteiger partial charge in [0.05, 0.1) is 12.5 Å². The molecular formula is C25H46N2O2Si. The zero-order chi connectivity index (χ0) is 21.0. The number of carbonyl (C=O) groups is 1. The van der Waals surface area contributed by atoms with Gasteiger partial charge in [0.2, 0.25) is 0 Å². The first-order valence-electron chi connectivity index (χ1n) is 13.3. The predicted octanol–water partition coefficient (Wildman–Crippen LogP) is 5.93. The Kier molecular flexibility index (Phi) is 7.96. The molecule has 4 aliphatic rings. The molecular weight excluding hydrogens is 388 g/mol. The lowest BCUT2D eigenvalue weighted by molar-refractivity contribution is -0.148. The van der Waals surface area contributed by atoms with E-state index in [2.05, 4.69) is 16.4 Å². The molecule has 0 aromatic carbocycles. The van der Waals surface area contributed by atoms with Gasteiger partial charge in [-0.05, 0) is 36.5 Å². The van der Waals surface area contributed by atoms with Gasteiger partial charge in [-0.2, -0.15) is 0 Å². The number of carbonyl (C=O) groups excluding carboxylic acids is 1. The quantitative estimate of drug-likeness (QED) is 0.350. The maximum atomic E-state index is 12.3. The molecule has 1 unspecified atom stereocenters. The van der Waals surface area contributed by atoms with Crippen molar-refractivity contribution in [2.75, 3.05) is 32.9 Å². The molecule has 0 amide bonds. The van der Waals surface area contributed by atoms with Crippen molar-refractivity contribution in [3.05, 3.63) is 0 Å². The molecule has 172 valence electrons. The number of ether oxygens (including phenoxy) is 1. The minimum atomic E-state index is -1.56. The number of hydrogen-bond donors (Lipinski definition) is 0. The Labute approximate surface area is 186 Å². The highest BCUT2D eigenvalue weighted by atomic mass is 28.3. The van der Waals surface area contributed by atoms with Gasteiger partial charge in [-0.3, -0.25) is 9.69 Å². The van der Waals surface area contributed by atoms with Crippen LogP contribution < -0.4 is 0 Å². The van der Waals surface area contributed by atoms with Crippen molar-refractivity contribution in [1.29, 1.82) is 0 Å². The maximum Gasteiger partial charge on any atom is 0.309 e. The zero-order valence-corrected chi connectivity index (χ0v) is 20.7. The fourth-order valence-corrected chi connectivity index (χ4v) is 16.6. The smallest absolute Gasteiger partial charge is 0.309 e. The highest BCUT2D eigenvalue weighted by Crippen LogP contribution is 2.60. The van der Waals surface area contributed by atoms with E-state index in [-0.39, 0.29) is 11.9 Å². The van der Waals surface area contributed by atoms with Gasteiger partial charge in [-0.25, -0.2) is 0 Å². The van der Waals surface area contributed by atoms with Crippen molar-refractivity contribution in [3.8, 4) is 0 Å². The average Bonchev–Trinajstić information content (AvgIpc) is 3.53. The lowest BCUT2D eigenvalue weighted by Gasteiger charge is -2.56. The molecule has 0 aromatic heterocycles. The van der Waals surface area contributed by atoms with Gasteiger partial charge < -0.3 is 9.30 Å². The summed E-state index contributed by atoms with van der Waals surface area (Å²) in [6.45, 7) is 8.98. The normalized spacial score (nSPS) is 27.1. The van der Waals surface area contributed by atoms with Crippen LogP contribution in [0.4, 0.5) is 0 Å². The Morgan fingerprint density at radius 2 is 1.37 bits per heavy atom. The molecule has 1 heterocycles. The van der Waals surface area contributed by atoms with Crippen LogP contribution in [0.25, 0.3) is 0 Å². The molecule has 4 rings (SSSR count). The minimum Gasteiger partial charge on any atom is -0.466 e. The molecule has 0 radical (unpaired) electrons. The van der Waals surface area contributed by atoms with Crippen molar-refractivity contribution in [1.82, 2.24) is 9.47 Å². The molecule has 0 spiro atoms. The van der Waals surface area contributed by atoms with E-state index < -0.39 is 8.24 Å². The second-order valence-electron chi connectivity index (χ2n) is 10.8. The Morgan fingerprint density at radius 3 is 1.83 bits per heavy atom. The van der Waals surface area contributed by atoms with Crippen molar-refractivity contribution in [2.24, 2.45) is 5.92 Å². The molecule has 1 saturated heterocycles. The van der Waals surface area contributed by atoms with E-state index in [1.807, 2.05) is 6.92 Å². The third-order valence-corrected chi connectivity index (χ3v) is 16.2. The van der Waals surface area contributed by atoms with Crippen LogP contribution in [0, 0.1) is 5.92 Å². The molecule has 1 atom stereocenters. The fourth-order valence-electron chi connectivity index (χ4n) is 8.02. The molecule has 3 aliphatic carbocycles. The first-order chi connectivity index (χ1) is 14.7. The van der Waals surface area contributed by atoms with Crippen LogP contribution in [0.15, 0.2) is 0 Å². The molecule has 0 aromatic rings. The molecule has 4 fully saturated rings. The maximum absolute atomic E-state index is 12.3. The zero-order valence-electron chi connectivity index (χ0n) is 19.7. The van der Waals surface area contributed by atoms with E-state index in [1.165, 1.54) is 90.0 Å². The second kappa shape index (κ2) is 10.5. The molecule has 0 N–H and O–H groups in total. The highest BCUT2D eigenvalue weighted by Gasteiger charge is 2.58. The second-order valence-corrected chi connectivity index (χ2v) is 15.7. The Bertz CT molecular complexity index is 513. The van der Waals surface area contributed by atoms with Crippen LogP contribution >= 0.6 is 0 Å². The van der Waals surface area contributed by atoms with Crippen molar-refractivity contribution in [2.45, 2.75) is 114 Å². The van der Waals surface area contributed by atoms with E-state index in [9.17, 15) is 4.79 Å². The van der Waals surface area contributed by atoms with Gasteiger partial charge in [0.15, 0.2) is 0 Å². The van der Waals surface area contributed by atoms with Crippen LogP contribution in [-0.2, 0) is 9.53 Å². The van der Waals surface area contributed by atoms with Crippen LogP contribution in [0.5, 0.6) is 0 Å². The third kappa shape index (κ3) is 4.54.